The lowest BCUT2D eigenvalue weighted by Gasteiger charge is -2.20. The van der Waals surface area contributed by atoms with Crippen LogP contribution in [-0.2, 0) is 11.3 Å². The van der Waals surface area contributed by atoms with Crippen molar-refractivity contribution in [1.82, 2.24) is 24.6 Å². The van der Waals surface area contributed by atoms with Crippen molar-refractivity contribution in [3.8, 4) is 11.4 Å². The highest BCUT2D eigenvalue weighted by atomic mass is 32.2. The van der Waals surface area contributed by atoms with E-state index >= 15 is 0 Å². The number of pyridine rings is 1. The quantitative estimate of drug-likeness (QED) is 0.584. The molecule has 2 aromatic heterocycles. The molecule has 3 aromatic rings. The van der Waals surface area contributed by atoms with Crippen molar-refractivity contribution < 1.29 is 4.79 Å². The van der Waals surface area contributed by atoms with Gasteiger partial charge in [-0.2, -0.15) is 0 Å². The molecule has 7 heteroatoms. The van der Waals surface area contributed by atoms with Gasteiger partial charge in [0.15, 0.2) is 11.0 Å². The molecule has 1 amide bonds. The van der Waals surface area contributed by atoms with Crippen LogP contribution in [0, 0.1) is 0 Å². The molecule has 3 rings (SSSR count). The van der Waals surface area contributed by atoms with Crippen LogP contribution in [0.3, 0.4) is 0 Å². The Hall–Kier alpha value is -2.67. The summed E-state index contributed by atoms with van der Waals surface area (Å²) in [6.45, 7) is 2.90. The normalized spacial score (nSPS) is 12.0. The average Bonchev–Trinajstić information content (AvgIpc) is 3.09. The molecule has 1 aromatic carbocycles. The highest BCUT2D eigenvalue weighted by Crippen LogP contribution is 2.37. The monoisotopic (exact) mass is 381 g/mol. The molecule has 0 unspecified atom stereocenters. The molecule has 0 saturated heterocycles. The predicted molar refractivity (Wildman–Crippen MR) is 107 cm³/mol. The number of rotatable bonds is 7. The first-order valence-corrected chi connectivity index (χ1v) is 9.76. The van der Waals surface area contributed by atoms with E-state index in [9.17, 15) is 4.79 Å². The largest absolute Gasteiger partial charge is 0.348 e. The lowest BCUT2D eigenvalue weighted by molar-refractivity contribution is -0.128. The maximum absolute atomic E-state index is 12.8. The summed E-state index contributed by atoms with van der Waals surface area (Å²) in [4.78, 5) is 18.5. The molecule has 0 aliphatic rings. The van der Waals surface area contributed by atoms with Gasteiger partial charge in [0.2, 0.25) is 5.91 Å². The second-order valence-corrected chi connectivity index (χ2v) is 7.41. The molecule has 6 nitrogen and oxygen atoms in total. The molecule has 0 aliphatic heterocycles. The highest BCUT2D eigenvalue weighted by Gasteiger charge is 2.27. The minimum atomic E-state index is -0.369. The fourth-order valence-corrected chi connectivity index (χ4v) is 3.95. The Labute approximate surface area is 163 Å². The predicted octanol–water partition coefficient (Wildman–Crippen LogP) is 3.67. The second-order valence-electron chi connectivity index (χ2n) is 6.33. The van der Waals surface area contributed by atoms with Gasteiger partial charge in [-0.3, -0.25) is 9.78 Å². The zero-order valence-corrected chi connectivity index (χ0v) is 16.6. The van der Waals surface area contributed by atoms with Crippen molar-refractivity contribution in [2.75, 3.05) is 14.1 Å². The van der Waals surface area contributed by atoms with E-state index in [1.807, 2.05) is 42.5 Å². The number of hydrogen-bond acceptors (Lipinski definition) is 5. The SMILES string of the molecule is CCCn1c(S[C@@H](C(=O)N(C)C)c2ccccc2)nnc1-c1ccncc1. The van der Waals surface area contributed by atoms with Crippen LogP contribution in [0.2, 0.25) is 0 Å². The lowest BCUT2D eigenvalue weighted by Crippen LogP contribution is -2.27. The van der Waals surface area contributed by atoms with Crippen LogP contribution < -0.4 is 0 Å². The van der Waals surface area contributed by atoms with Crippen molar-refractivity contribution in [3.05, 3.63) is 60.4 Å². The summed E-state index contributed by atoms with van der Waals surface area (Å²) in [5.41, 5.74) is 1.92. The standard InChI is InChI=1S/C20H23N5OS/c1-4-14-25-18(16-10-12-21-13-11-16)22-23-20(25)27-17(19(26)24(2)3)15-8-6-5-7-9-15/h5-13,17H,4,14H2,1-3H3/t17-/m1/s1. The minimum Gasteiger partial charge on any atom is -0.348 e. The van der Waals surface area contributed by atoms with Gasteiger partial charge in [0.1, 0.15) is 5.25 Å². The number of carbonyl (C=O) groups excluding carboxylic acids is 1. The summed E-state index contributed by atoms with van der Waals surface area (Å²) in [5.74, 6) is 0.827. The van der Waals surface area contributed by atoms with E-state index in [2.05, 4.69) is 26.7 Å². The van der Waals surface area contributed by atoms with E-state index < -0.39 is 0 Å². The third kappa shape index (κ3) is 4.36. The van der Waals surface area contributed by atoms with Crippen molar-refractivity contribution in [2.45, 2.75) is 30.3 Å². The smallest absolute Gasteiger partial charge is 0.240 e. The molecule has 0 fully saturated rings. The number of carbonyl (C=O) groups is 1. The molecule has 1 atom stereocenters. The molecule has 0 N–H and O–H groups in total. The highest BCUT2D eigenvalue weighted by molar-refractivity contribution is 8.00. The first kappa shape index (κ1) is 19.1. The van der Waals surface area contributed by atoms with Gasteiger partial charge in [-0.1, -0.05) is 49.0 Å². The van der Waals surface area contributed by atoms with Crippen molar-refractivity contribution in [2.24, 2.45) is 0 Å². The van der Waals surface area contributed by atoms with Gasteiger partial charge in [0.05, 0.1) is 0 Å². The van der Waals surface area contributed by atoms with Gasteiger partial charge in [-0.25, -0.2) is 0 Å². The van der Waals surface area contributed by atoms with Crippen molar-refractivity contribution in [3.63, 3.8) is 0 Å². The second kappa shape index (κ2) is 8.81. The van der Waals surface area contributed by atoms with E-state index in [0.717, 1.165) is 35.1 Å². The summed E-state index contributed by atoms with van der Waals surface area (Å²) >= 11 is 1.44. The first-order valence-electron chi connectivity index (χ1n) is 8.88. The fraction of sp³-hybridized carbons (Fsp3) is 0.300. The Balaban J connectivity index is 1.99. The first-order chi connectivity index (χ1) is 13.1. The third-order valence-corrected chi connectivity index (χ3v) is 5.32. The van der Waals surface area contributed by atoms with Crippen LogP contribution in [0.1, 0.15) is 24.2 Å². The van der Waals surface area contributed by atoms with E-state index in [0.29, 0.717) is 0 Å². The van der Waals surface area contributed by atoms with Crippen LogP contribution >= 0.6 is 11.8 Å². The van der Waals surface area contributed by atoms with Crippen molar-refractivity contribution >= 4 is 17.7 Å². The van der Waals surface area contributed by atoms with Gasteiger partial charge in [-0.05, 0) is 24.1 Å². The zero-order chi connectivity index (χ0) is 19.2. The molecule has 0 saturated carbocycles. The van der Waals surface area contributed by atoms with Gasteiger partial charge >= 0.3 is 0 Å². The molecule has 0 aliphatic carbocycles. The lowest BCUT2D eigenvalue weighted by atomic mass is 10.1. The Bertz CT molecular complexity index is 880. The maximum Gasteiger partial charge on any atom is 0.240 e. The summed E-state index contributed by atoms with van der Waals surface area (Å²) in [7, 11) is 3.55. The summed E-state index contributed by atoms with van der Waals surface area (Å²) in [6.07, 6.45) is 4.44. The minimum absolute atomic E-state index is 0.0303. The number of likely N-dealkylation sites (N-methyl/N-ethyl adjacent to an activating group) is 1. The number of hydrogen-bond donors (Lipinski definition) is 0. The molecule has 0 bridgehead atoms. The molecule has 0 spiro atoms. The molecule has 27 heavy (non-hydrogen) atoms. The van der Waals surface area contributed by atoms with Crippen LogP contribution in [0.5, 0.6) is 0 Å². The molecular formula is C20H23N5OS. The van der Waals surface area contributed by atoms with Crippen LogP contribution in [0.15, 0.2) is 60.0 Å². The topological polar surface area (TPSA) is 63.9 Å². The van der Waals surface area contributed by atoms with Crippen LogP contribution in [0.25, 0.3) is 11.4 Å². The Morgan fingerprint density at radius 1 is 1.11 bits per heavy atom. The number of nitrogens with zero attached hydrogens (tertiary/aromatic N) is 5. The fourth-order valence-electron chi connectivity index (χ4n) is 2.74. The average molecular weight is 382 g/mol. The Morgan fingerprint density at radius 3 is 2.44 bits per heavy atom. The number of benzene rings is 1. The number of amides is 1. The summed E-state index contributed by atoms with van der Waals surface area (Å²) < 4.78 is 2.08. The van der Waals surface area contributed by atoms with Gasteiger partial charge in [0, 0.05) is 38.6 Å². The van der Waals surface area contributed by atoms with Crippen LogP contribution in [-0.4, -0.2) is 44.7 Å². The molecular weight excluding hydrogens is 358 g/mol. The van der Waals surface area contributed by atoms with Gasteiger partial charge in [0.25, 0.3) is 0 Å². The summed E-state index contributed by atoms with van der Waals surface area (Å²) in [5, 5.41) is 9.17. The molecule has 140 valence electrons. The van der Waals surface area contributed by atoms with E-state index in [1.165, 1.54) is 11.8 Å². The number of aromatic nitrogens is 4. The van der Waals surface area contributed by atoms with E-state index in [-0.39, 0.29) is 11.2 Å². The molecule has 0 radical (unpaired) electrons. The maximum atomic E-state index is 12.8. The number of thioether (sulfide) groups is 1. The van der Waals surface area contributed by atoms with Gasteiger partial charge in [-0.15, -0.1) is 10.2 Å². The molecule has 2 heterocycles. The zero-order valence-electron chi connectivity index (χ0n) is 15.7. The van der Waals surface area contributed by atoms with E-state index in [1.54, 1.807) is 31.4 Å². The van der Waals surface area contributed by atoms with Gasteiger partial charge < -0.3 is 9.47 Å². The third-order valence-electron chi connectivity index (χ3n) is 4.09. The van der Waals surface area contributed by atoms with E-state index in [4.69, 9.17) is 0 Å². The summed E-state index contributed by atoms with van der Waals surface area (Å²) in [6, 6.07) is 13.6. The van der Waals surface area contributed by atoms with Crippen molar-refractivity contribution in [1.29, 1.82) is 0 Å². The Kier molecular flexibility index (Phi) is 6.24. The Morgan fingerprint density at radius 2 is 1.81 bits per heavy atom. The van der Waals surface area contributed by atoms with Crippen LogP contribution in [0.4, 0.5) is 0 Å².